The Kier molecular flexibility index (Phi) is 5.00. The molecule has 0 bridgehead atoms. The van der Waals surface area contributed by atoms with Crippen LogP contribution in [0.4, 0.5) is 14.7 Å². The fourth-order valence-electron chi connectivity index (χ4n) is 3.33. The van der Waals surface area contributed by atoms with Gasteiger partial charge < -0.3 is 9.80 Å². The number of aromatic nitrogens is 2. The van der Waals surface area contributed by atoms with Gasteiger partial charge in [0.15, 0.2) is 0 Å². The molecule has 5 nitrogen and oxygen atoms in total. The van der Waals surface area contributed by atoms with E-state index in [0.29, 0.717) is 31.2 Å². The van der Waals surface area contributed by atoms with Gasteiger partial charge in [-0.15, -0.1) is 0 Å². The third-order valence-electron chi connectivity index (χ3n) is 4.73. The zero-order valence-electron chi connectivity index (χ0n) is 14.9. The highest BCUT2D eigenvalue weighted by atomic mass is 35.5. The quantitative estimate of drug-likeness (QED) is 0.669. The van der Waals surface area contributed by atoms with E-state index in [1.54, 1.807) is 12.3 Å². The van der Waals surface area contributed by atoms with Crippen molar-refractivity contribution in [1.82, 2.24) is 14.5 Å². The van der Waals surface area contributed by atoms with E-state index in [4.69, 9.17) is 11.6 Å². The van der Waals surface area contributed by atoms with Crippen LogP contribution in [0.15, 0.2) is 54.9 Å². The molecule has 1 aromatic heterocycles. The lowest BCUT2D eigenvalue weighted by Gasteiger charge is -2.35. The molecule has 2 aromatic carbocycles. The van der Waals surface area contributed by atoms with E-state index in [0.717, 1.165) is 23.8 Å². The van der Waals surface area contributed by atoms with E-state index < -0.39 is 23.1 Å². The van der Waals surface area contributed by atoms with Crippen LogP contribution in [0.1, 0.15) is 10.4 Å². The monoisotopic (exact) mass is 402 g/mol. The summed E-state index contributed by atoms with van der Waals surface area (Å²) in [4.78, 5) is 20.5. The van der Waals surface area contributed by atoms with Crippen molar-refractivity contribution in [2.45, 2.75) is 0 Å². The summed E-state index contributed by atoms with van der Waals surface area (Å²) in [7, 11) is 0. The SMILES string of the molecule is O=C(c1c(F)cccc1F)N1CCN(c2nccn2-c2cccc(Cl)c2)CC1. The molecule has 0 saturated carbocycles. The summed E-state index contributed by atoms with van der Waals surface area (Å²) in [5, 5.41) is 0.625. The molecule has 4 rings (SSSR count). The van der Waals surface area contributed by atoms with Crippen LogP contribution in [-0.4, -0.2) is 46.5 Å². The number of anilines is 1. The van der Waals surface area contributed by atoms with Gasteiger partial charge in [0.05, 0.1) is 0 Å². The lowest BCUT2D eigenvalue weighted by Crippen LogP contribution is -2.49. The topological polar surface area (TPSA) is 41.4 Å². The van der Waals surface area contributed by atoms with Crippen molar-refractivity contribution in [2.24, 2.45) is 0 Å². The molecule has 1 amide bonds. The van der Waals surface area contributed by atoms with Crippen LogP contribution in [0.3, 0.4) is 0 Å². The second kappa shape index (κ2) is 7.59. The number of hydrogen-bond donors (Lipinski definition) is 0. The Morgan fingerprint density at radius 3 is 2.36 bits per heavy atom. The summed E-state index contributed by atoms with van der Waals surface area (Å²) in [6.45, 7) is 1.68. The number of hydrogen-bond acceptors (Lipinski definition) is 3. The molecule has 0 aliphatic carbocycles. The van der Waals surface area contributed by atoms with Crippen molar-refractivity contribution in [1.29, 1.82) is 0 Å². The van der Waals surface area contributed by atoms with Crippen LogP contribution in [0.25, 0.3) is 5.69 Å². The first-order valence-corrected chi connectivity index (χ1v) is 9.20. The first kappa shape index (κ1) is 18.4. The number of halogens is 3. The number of carbonyl (C=O) groups excluding carboxylic acids is 1. The van der Waals surface area contributed by atoms with E-state index in [-0.39, 0.29) is 0 Å². The van der Waals surface area contributed by atoms with Crippen molar-refractivity contribution < 1.29 is 13.6 Å². The van der Waals surface area contributed by atoms with Gasteiger partial charge in [-0.25, -0.2) is 13.8 Å². The summed E-state index contributed by atoms with van der Waals surface area (Å²) in [6, 6.07) is 10.9. The maximum Gasteiger partial charge on any atom is 0.259 e. The number of carbonyl (C=O) groups is 1. The molecule has 0 atom stereocenters. The standard InChI is InChI=1S/C20H17ClF2N4O/c21-14-3-1-4-15(13-14)27-8-7-24-20(27)26-11-9-25(10-12-26)19(28)18-16(22)5-2-6-17(18)23/h1-8,13H,9-12H2. The number of amides is 1. The number of nitrogens with zero attached hydrogens (tertiary/aromatic N) is 4. The fraction of sp³-hybridized carbons (Fsp3) is 0.200. The van der Waals surface area contributed by atoms with Crippen molar-refractivity contribution in [3.8, 4) is 5.69 Å². The molecule has 1 aliphatic rings. The molecule has 0 N–H and O–H groups in total. The summed E-state index contributed by atoms with van der Waals surface area (Å²) in [5.74, 6) is -1.59. The smallest absolute Gasteiger partial charge is 0.259 e. The highest BCUT2D eigenvalue weighted by Gasteiger charge is 2.27. The van der Waals surface area contributed by atoms with Crippen LogP contribution >= 0.6 is 11.6 Å². The van der Waals surface area contributed by atoms with Crippen molar-refractivity contribution >= 4 is 23.5 Å². The fourth-order valence-corrected chi connectivity index (χ4v) is 3.51. The minimum Gasteiger partial charge on any atom is -0.338 e. The van der Waals surface area contributed by atoms with Gasteiger partial charge >= 0.3 is 0 Å². The molecule has 0 spiro atoms. The van der Waals surface area contributed by atoms with Crippen LogP contribution in [0, 0.1) is 11.6 Å². The van der Waals surface area contributed by atoms with Crippen LogP contribution in [0.2, 0.25) is 5.02 Å². The molecule has 8 heteroatoms. The van der Waals surface area contributed by atoms with E-state index in [9.17, 15) is 13.6 Å². The normalized spacial score (nSPS) is 14.4. The average molecular weight is 403 g/mol. The molecule has 3 aromatic rings. The molecule has 2 heterocycles. The van der Waals surface area contributed by atoms with E-state index in [1.807, 2.05) is 33.9 Å². The molecule has 0 radical (unpaired) electrons. The number of imidazole rings is 1. The van der Waals surface area contributed by atoms with Gasteiger partial charge in [-0.2, -0.15) is 0 Å². The molecule has 1 saturated heterocycles. The van der Waals surface area contributed by atoms with Gasteiger partial charge in [0.1, 0.15) is 17.2 Å². The second-order valence-electron chi connectivity index (χ2n) is 6.45. The van der Waals surface area contributed by atoms with Gasteiger partial charge in [-0.3, -0.25) is 9.36 Å². The third-order valence-corrected chi connectivity index (χ3v) is 4.97. The summed E-state index contributed by atoms with van der Waals surface area (Å²) in [5.41, 5.74) is 0.378. The van der Waals surface area contributed by atoms with Crippen molar-refractivity contribution in [2.75, 3.05) is 31.1 Å². The van der Waals surface area contributed by atoms with Crippen LogP contribution in [0.5, 0.6) is 0 Å². The second-order valence-corrected chi connectivity index (χ2v) is 6.89. The van der Waals surface area contributed by atoms with E-state index >= 15 is 0 Å². The largest absolute Gasteiger partial charge is 0.338 e. The Labute approximate surface area is 165 Å². The van der Waals surface area contributed by atoms with Gasteiger partial charge in [0, 0.05) is 49.3 Å². The minimum atomic E-state index is -0.844. The summed E-state index contributed by atoms with van der Waals surface area (Å²) in [6.07, 6.45) is 3.54. The lowest BCUT2D eigenvalue weighted by molar-refractivity contribution is 0.0736. The Morgan fingerprint density at radius 1 is 1.00 bits per heavy atom. The first-order valence-electron chi connectivity index (χ1n) is 8.82. The zero-order valence-corrected chi connectivity index (χ0v) is 15.6. The molecule has 0 unspecified atom stereocenters. The minimum absolute atomic E-state index is 0.342. The number of piperazine rings is 1. The predicted molar refractivity (Wildman–Crippen MR) is 103 cm³/mol. The predicted octanol–water partition coefficient (Wildman–Crippen LogP) is 3.77. The highest BCUT2D eigenvalue weighted by molar-refractivity contribution is 6.30. The third kappa shape index (κ3) is 3.45. The number of benzene rings is 2. The Morgan fingerprint density at radius 2 is 1.68 bits per heavy atom. The number of rotatable bonds is 3. The van der Waals surface area contributed by atoms with Crippen LogP contribution in [-0.2, 0) is 0 Å². The Hall–Kier alpha value is -2.93. The van der Waals surface area contributed by atoms with Gasteiger partial charge in [-0.1, -0.05) is 23.7 Å². The molecule has 1 fully saturated rings. The van der Waals surface area contributed by atoms with E-state index in [2.05, 4.69) is 4.98 Å². The van der Waals surface area contributed by atoms with Gasteiger partial charge in [0.2, 0.25) is 5.95 Å². The van der Waals surface area contributed by atoms with E-state index in [1.165, 1.54) is 11.0 Å². The molecular weight excluding hydrogens is 386 g/mol. The summed E-state index contributed by atoms with van der Waals surface area (Å²) >= 11 is 6.08. The first-order chi connectivity index (χ1) is 13.5. The molecule has 144 valence electrons. The van der Waals surface area contributed by atoms with Gasteiger partial charge in [-0.05, 0) is 30.3 Å². The summed E-state index contributed by atoms with van der Waals surface area (Å²) < 4.78 is 29.7. The van der Waals surface area contributed by atoms with Gasteiger partial charge in [0.25, 0.3) is 5.91 Å². The maximum atomic E-state index is 13.9. The highest BCUT2D eigenvalue weighted by Crippen LogP contribution is 2.23. The molecule has 28 heavy (non-hydrogen) atoms. The van der Waals surface area contributed by atoms with Crippen molar-refractivity contribution in [3.05, 3.63) is 77.1 Å². The lowest BCUT2D eigenvalue weighted by atomic mass is 10.1. The Bertz CT molecular complexity index is 995. The maximum absolute atomic E-state index is 13.9. The van der Waals surface area contributed by atoms with Crippen LogP contribution < -0.4 is 4.90 Å². The van der Waals surface area contributed by atoms with Crippen molar-refractivity contribution in [3.63, 3.8) is 0 Å². The molecular formula is C20H17ClF2N4O. The zero-order chi connectivity index (χ0) is 19.7. The molecule has 1 aliphatic heterocycles. The Balaban J connectivity index is 1.50. The average Bonchev–Trinajstić information content (AvgIpc) is 3.18.